The molecule has 0 radical (unpaired) electrons. The van der Waals surface area contributed by atoms with Crippen molar-refractivity contribution < 1.29 is 44.3 Å². The molecule has 0 fully saturated rings. The summed E-state index contributed by atoms with van der Waals surface area (Å²) in [5.41, 5.74) is 0.699. The Balaban J connectivity index is 0.000000320. The van der Waals surface area contributed by atoms with Crippen molar-refractivity contribution >= 4 is 32.2 Å². The summed E-state index contributed by atoms with van der Waals surface area (Å²) in [6.45, 7) is 4.00. The summed E-state index contributed by atoms with van der Waals surface area (Å²) in [6.07, 6.45) is 1.90. The maximum absolute atomic E-state index is 11.3. The largest absolute Gasteiger partial charge is 0.462 e. The van der Waals surface area contributed by atoms with Crippen molar-refractivity contribution in [3.8, 4) is 11.5 Å². The molecule has 12 heteroatoms. The average molecular weight is 489 g/mol. The summed E-state index contributed by atoms with van der Waals surface area (Å²) < 4.78 is 62.0. The second-order valence-electron chi connectivity index (χ2n) is 6.06. The van der Waals surface area contributed by atoms with E-state index in [0.717, 1.165) is 12.5 Å². The fourth-order valence-electron chi connectivity index (χ4n) is 2.07. The molecule has 0 bridgehead atoms. The highest BCUT2D eigenvalue weighted by atomic mass is 32.2. The summed E-state index contributed by atoms with van der Waals surface area (Å²) in [4.78, 5) is 22.5. The van der Waals surface area contributed by atoms with Crippen LogP contribution < -0.4 is 8.37 Å². The van der Waals surface area contributed by atoms with Gasteiger partial charge < -0.3 is 17.8 Å². The molecule has 0 saturated heterocycles. The van der Waals surface area contributed by atoms with Crippen molar-refractivity contribution in [1.29, 1.82) is 0 Å². The molecule has 0 spiro atoms. The van der Waals surface area contributed by atoms with Crippen LogP contribution in [0.25, 0.3) is 0 Å². The van der Waals surface area contributed by atoms with Gasteiger partial charge in [-0.3, -0.25) is 0 Å². The van der Waals surface area contributed by atoms with Crippen LogP contribution in [0.3, 0.4) is 0 Å². The lowest BCUT2D eigenvalue weighted by Crippen LogP contribution is -2.07. The Hall–Kier alpha value is -3.12. The highest BCUT2D eigenvalue weighted by molar-refractivity contribution is 7.86. The van der Waals surface area contributed by atoms with Gasteiger partial charge in [-0.15, -0.1) is 0 Å². The van der Waals surface area contributed by atoms with Crippen LogP contribution in [0.1, 0.15) is 34.6 Å². The van der Waals surface area contributed by atoms with E-state index in [1.54, 1.807) is 13.8 Å². The molecule has 2 rings (SSSR count). The van der Waals surface area contributed by atoms with Gasteiger partial charge in [-0.25, -0.2) is 9.59 Å². The van der Waals surface area contributed by atoms with Gasteiger partial charge in [0.15, 0.2) is 0 Å². The minimum absolute atomic E-state index is 0.163. The van der Waals surface area contributed by atoms with Gasteiger partial charge in [0, 0.05) is 0 Å². The van der Waals surface area contributed by atoms with Crippen LogP contribution in [-0.4, -0.2) is 54.5 Å². The van der Waals surface area contributed by atoms with Crippen molar-refractivity contribution in [2.24, 2.45) is 0 Å². The number of benzene rings is 2. The zero-order valence-corrected chi connectivity index (χ0v) is 19.6. The van der Waals surface area contributed by atoms with Gasteiger partial charge >= 0.3 is 32.2 Å². The highest BCUT2D eigenvalue weighted by Crippen LogP contribution is 2.15. The summed E-state index contributed by atoms with van der Waals surface area (Å²) in [6, 6.07) is 11.4. The van der Waals surface area contributed by atoms with Crippen molar-refractivity contribution in [2.45, 2.75) is 13.8 Å². The number of esters is 2. The first kappa shape index (κ1) is 26.9. The normalized spacial score (nSPS) is 10.9. The third-order valence-electron chi connectivity index (χ3n) is 3.23. The van der Waals surface area contributed by atoms with Crippen molar-refractivity contribution in [3.63, 3.8) is 0 Å². The molecule has 0 heterocycles. The van der Waals surface area contributed by atoms with Crippen LogP contribution in [0.5, 0.6) is 11.5 Å². The summed E-state index contributed by atoms with van der Waals surface area (Å²) in [5, 5.41) is 0. The molecule has 0 aliphatic rings. The number of hydrogen-bond donors (Lipinski definition) is 0. The average Bonchev–Trinajstić information content (AvgIpc) is 2.67. The molecule has 0 saturated carbocycles. The predicted octanol–water partition coefficient (Wildman–Crippen LogP) is 2.40. The lowest BCUT2D eigenvalue weighted by Gasteiger charge is -2.04. The molecular weight excluding hydrogens is 464 g/mol. The fraction of sp³-hybridized carbons (Fsp3) is 0.300. The Morgan fingerprint density at radius 3 is 1.12 bits per heavy atom. The molecule has 0 unspecified atom stereocenters. The molecule has 10 nitrogen and oxygen atoms in total. The smallest absolute Gasteiger partial charge is 0.338 e. The lowest BCUT2D eigenvalue weighted by molar-refractivity contribution is 0.0516. The minimum atomic E-state index is -3.54. The van der Waals surface area contributed by atoms with E-state index in [1.807, 2.05) is 0 Å². The molecule has 0 aliphatic carbocycles. The van der Waals surface area contributed by atoms with Gasteiger partial charge in [0.2, 0.25) is 0 Å². The highest BCUT2D eigenvalue weighted by Gasteiger charge is 2.09. The SMILES string of the molecule is CCOC(=O)c1ccc(OS(C)(=O)=O)cc1.CCOC(=O)c1ccc(OS(C)(=O)=O)cc1. The van der Waals surface area contributed by atoms with Gasteiger partial charge in [0.25, 0.3) is 0 Å². The maximum atomic E-state index is 11.3. The topological polar surface area (TPSA) is 139 Å². The van der Waals surface area contributed by atoms with Crippen LogP contribution in [0, 0.1) is 0 Å². The first-order chi connectivity index (χ1) is 14.8. The lowest BCUT2D eigenvalue weighted by atomic mass is 10.2. The molecular formula is C20H24O10S2. The van der Waals surface area contributed by atoms with Gasteiger partial charge in [-0.05, 0) is 62.4 Å². The van der Waals surface area contributed by atoms with Gasteiger partial charge in [-0.2, -0.15) is 16.8 Å². The van der Waals surface area contributed by atoms with Crippen molar-refractivity contribution in [3.05, 3.63) is 59.7 Å². The van der Waals surface area contributed by atoms with Crippen molar-refractivity contribution in [2.75, 3.05) is 25.7 Å². The summed E-state index contributed by atoms with van der Waals surface area (Å²) >= 11 is 0. The van der Waals surface area contributed by atoms with E-state index in [0.29, 0.717) is 24.3 Å². The molecule has 2 aromatic rings. The van der Waals surface area contributed by atoms with E-state index in [4.69, 9.17) is 9.47 Å². The monoisotopic (exact) mass is 488 g/mol. The number of rotatable bonds is 8. The van der Waals surface area contributed by atoms with E-state index >= 15 is 0 Å². The standard InChI is InChI=1S/2C10H12O5S/c2*1-3-14-10(11)8-4-6-9(7-5-8)15-16(2,12)13/h2*4-7H,3H2,1-2H3. The molecule has 0 atom stereocenters. The Kier molecular flexibility index (Phi) is 10.1. The van der Waals surface area contributed by atoms with Crippen LogP contribution >= 0.6 is 0 Å². The van der Waals surface area contributed by atoms with Gasteiger partial charge in [0.1, 0.15) is 11.5 Å². The first-order valence-electron chi connectivity index (χ1n) is 9.18. The van der Waals surface area contributed by atoms with Crippen LogP contribution in [0.15, 0.2) is 48.5 Å². The van der Waals surface area contributed by atoms with Gasteiger partial charge in [0.05, 0.1) is 36.9 Å². The molecule has 0 amide bonds. The minimum Gasteiger partial charge on any atom is -0.462 e. The molecule has 176 valence electrons. The first-order valence-corrected chi connectivity index (χ1v) is 12.8. The van der Waals surface area contributed by atoms with Crippen LogP contribution in [-0.2, 0) is 29.7 Å². The predicted molar refractivity (Wildman–Crippen MR) is 116 cm³/mol. The third-order valence-corrected chi connectivity index (χ3v) is 4.22. The van der Waals surface area contributed by atoms with E-state index in [2.05, 4.69) is 8.37 Å². The number of carbonyl (C=O) groups is 2. The molecule has 32 heavy (non-hydrogen) atoms. The Labute approximate surface area is 187 Å². The Morgan fingerprint density at radius 1 is 0.625 bits per heavy atom. The van der Waals surface area contributed by atoms with E-state index in [9.17, 15) is 26.4 Å². The molecule has 0 aliphatic heterocycles. The number of ether oxygens (including phenoxy) is 2. The zero-order chi connectivity index (χ0) is 24.4. The van der Waals surface area contributed by atoms with Crippen LogP contribution in [0.4, 0.5) is 0 Å². The van der Waals surface area contributed by atoms with E-state index < -0.39 is 32.2 Å². The second kappa shape index (κ2) is 12.1. The molecule has 0 N–H and O–H groups in total. The summed E-state index contributed by atoms with van der Waals surface area (Å²) in [7, 11) is -7.07. The fourth-order valence-corrected chi connectivity index (χ4v) is 2.99. The Bertz CT molecular complexity index is 1010. The van der Waals surface area contributed by atoms with Gasteiger partial charge in [-0.1, -0.05) is 0 Å². The van der Waals surface area contributed by atoms with Crippen molar-refractivity contribution in [1.82, 2.24) is 0 Å². The molecule has 2 aromatic carbocycles. The third kappa shape index (κ3) is 10.8. The maximum Gasteiger partial charge on any atom is 0.338 e. The van der Waals surface area contributed by atoms with E-state index in [1.165, 1.54) is 48.5 Å². The number of hydrogen-bond acceptors (Lipinski definition) is 10. The Morgan fingerprint density at radius 2 is 0.906 bits per heavy atom. The second-order valence-corrected chi connectivity index (χ2v) is 9.21. The quantitative estimate of drug-likeness (QED) is 0.402. The number of carbonyl (C=O) groups excluding carboxylic acids is 2. The van der Waals surface area contributed by atoms with E-state index in [-0.39, 0.29) is 11.5 Å². The summed E-state index contributed by atoms with van der Waals surface area (Å²) in [5.74, 6) is -0.576. The van der Waals surface area contributed by atoms with Crippen LogP contribution in [0.2, 0.25) is 0 Å². The zero-order valence-electron chi connectivity index (χ0n) is 17.9. The molecule has 0 aromatic heterocycles.